The van der Waals surface area contributed by atoms with Crippen LogP contribution in [0.4, 0.5) is 0 Å². The molecule has 0 radical (unpaired) electrons. The van der Waals surface area contributed by atoms with Crippen LogP contribution in [0.3, 0.4) is 0 Å². The Hall–Kier alpha value is -2.35. The maximum atomic E-state index is 4.68. The first kappa shape index (κ1) is 15.5. The van der Waals surface area contributed by atoms with E-state index in [-0.39, 0.29) is 6.04 Å². The van der Waals surface area contributed by atoms with E-state index in [9.17, 15) is 0 Å². The highest BCUT2D eigenvalue weighted by Crippen LogP contribution is 2.30. The zero-order valence-corrected chi connectivity index (χ0v) is 14.2. The average molecular weight is 327 g/mol. The van der Waals surface area contributed by atoms with Crippen molar-refractivity contribution in [1.82, 2.24) is 35.2 Å². The van der Waals surface area contributed by atoms with E-state index in [2.05, 4.69) is 30.5 Å². The number of hydrogen-bond donors (Lipinski definition) is 0. The fourth-order valence-corrected chi connectivity index (χ4v) is 3.01. The minimum absolute atomic E-state index is 0.188. The predicted molar refractivity (Wildman–Crippen MR) is 87.1 cm³/mol. The molecule has 7 nitrogen and oxygen atoms in total. The maximum Gasteiger partial charge on any atom is 0.215 e. The van der Waals surface area contributed by atoms with Gasteiger partial charge in [0.05, 0.1) is 6.04 Å². The molecule has 8 heteroatoms. The van der Waals surface area contributed by atoms with Gasteiger partial charge in [0.15, 0.2) is 5.82 Å². The van der Waals surface area contributed by atoms with Crippen LogP contribution in [0, 0.1) is 13.8 Å². The van der Waals surface area contributed by atoms with E-state index in [0.29, 0.717) is 5.82 Å². The summed E-state index contributed by atoms with van der Waals surface area (Å²) in [7, 11) is 0. The first-order valence-corrected chi connectivity index (χ1v) is 8.09. The van der Waals surface area contributed by atoms with Gasteiger partial charge < -0.3 is 0 Å². The molecule has 3 aromatic rings. The van der Waals surface area contributed by atoms with Crippen LogP contribution in [-0.2, 0) is 0 Å². The normalized spacial score (nSPS) is 11.2. The van der Waals surface area contributed by atoms with Crippen molar-refractivity contribution in [2.75, 3.05) is 0 Å². The number of nitrogens with zero attached hydrogens (tertiary/aromatic N) is 7. The first-order valence-electron chi connectivity index (χ1n) is 7.27. The Kier molecular flexibility index (Phi) is 4.33. The van der Waals surface area contributed by atoms with Crippen LogP contribution in [0.15, 0.2) is 34.7 Å². The average Bonchev–Trinajstić information content (AvgIpc) is 3.01. The van der Waals surface area contributed by atoms with E-state index in [1.54, 1.807) is 17.1 Å². The van der Waals surface area contributed by atoms with E-state index in [0.717, 1.165) is 27.0 Å². The van der Waals surface area contributed by atoms with E-state index >= 15 is 0 Å². The third kappa shape index (κ3) is 3.21. The van der Waals surface area contributed by atoms with Gasteiger partial charge in [0, 0.05) is 29.2 Å². The Labute approximate surface area is 138 Å². The lowest BCUT2D eigenvalue weighted by atomic mass is 10.2. The summed E-state index contributed by atoms with van der Waals surface area (Å²) >= 11 is 1.45. The quantitative estimate of drug-likeness (QED) is 0.681. The van der Waals surface area contributed by atoms with E-state index in [1.807, 2.05) is 39.8 Å². The van der Waals surface area contributed by atoms with Crippen LogP contribution in [-0.4, -0.2) is 35.2 Å². The van der Waals surface area contributed by atoms with Crippen molar-refractivity contribution in [2.45, 2.75) is 43.9 Å². The van der Waals surface area contributed by atoms with Gasteiger partial charge in [-0.3, -0.25) is 4.98 Å². The number of hydrogen-bond acceptors (Lipinski definition) is 7. The molecule has 23 heavy (non-hydrogen) atoms. The zero-order chi connectivity index (χ0) is 16.4. The van der Waals surface area contributed by atoms with Gasteiger partial charge >= 0.3 is 0 Å². The van der Waals surface area contributed by atoms with Crippen LogP contribution in [0.1, 0.15) is 31.1 Å². The molecule has 0 bridgehead atoms. The van der Waals surface area contributed by atoms with Crippen molar-refractivity contribution in [3.8, 4) is 11.4 Å². The molecular weight excluding hydrogens is 310 g/mol. The lowest BCUT2D eigenvalue weighted by Gasteiger charge is -2.11. The van der Waals surface area contributed by atoms with Crippen molar-refractivity contribution < 1.29 is 0 Å². The summed E-state index contributed by atoms with van der Waals surface area (Å²) in [5, 5.41) is 13.5. The molecule has 0 aromatic carbocycles. The zero-order valence-electron chi connectivity index (χ0n) is 13.4. The van der Waals surface area contributed by atoms with Crippen molar-refractivity contribution in [1.29, 1.82) is 0 Å². The number of pyridine rings is 1. The van der Waals surface area contributed by atoms with Gasteiger partial charge in [-0.1, -0.05) is 0 Å². The van der Waals surface area contributed by atoms with Crippen LogP contribution in [0.25, 0.3) is 11.4 Å². The monoisotopic (exact) mass is 327 g/mol. The second-order valence-corrected chi connectivity index (χ2v) is 6.36. The Bertz CT molecular complexity index is 814. The topological polar surface area (TPSA) is 82.3 Å². The molecule has 0 aliphatic heterocycles. The Balaban J connectivity index is 2.02. The smallest absolute Gasteiger partial charge is 0.215 e. The molecule has 0 spiro atoms. The van der Waals surface area contributed by atoms with Crippen molar-refractivity contribution >= 4 is 11.8 Å². The molecule has 3 heterocycles. The van der Waals surface area contributed by atoms with E-state index < -0.39 is 0 Å². The molecule has 0 atom stereocenters. The van der Waals surface area contributed by atoms with Crippen LogP contribution < -0.4 is 0 Å². The summed E-state index contributed by atoms with van der Waals surface area (Å²) in [5.41, 5.74) is 2.85. The third-order valence-corrected chi connectivity index (χ3v) is 4.45. The predicted octanol–water partition coefficient (Wildman–Crippen LogP) is 2.87. The van der Waals surface area contributed by atoms with E-state index in [1.165, 1.54) is 11.8 Å². The van der Waals surface area contributed by atoms with Crippen molar-refractivity contribution in [2.24, 2.45) is 0 Å². The summed E-state index contributed by atoms with van der Waals surface area (Å²) in [6.45, 7) is 8.07. The van der Waals surface area contributed by atoms with Crippen molar-refractivity contribution in [3.05, 3.63) is 35.8 Å². The van der Waals surface area contributed by atoms with Gasteiger partial charge in [0.25, 0.3) is 0 Å². The minimum atomic E-state index is 0.188. The fraction of sp³-hybridized carbons (Fsp3) is 0.333. The molecule has 0 aliphatic carbocycles. The summed E-state index contributed by atoms with van der Waals surface area (Å²) in [5.74, 6) is 0.660. The molecule has 0 aliphatic rings. The summed E-state index contributed by atoms with van der Waals surface area (Å²) in [6.07, 6.45) is 3.49. The Morgan fingerprint density at radius 3 is 2.70 bits per heavy atom. The highest BCUT2D eigenvalue weighted by atomic mass is 32.2. The number of aromatic nitrogens is 7. The molecule has 0 amide bonds. The molecule has 0 fully saturated rings. The number of aryl methyl sites for hydroxylation is 1. The molecule has 0 saturated heterocycles. The Morgan fingerprint density at radius 2 is 2.00 bits per heavy atom. The van der Waals surface area contributed by atoms with Gasteiger partial charge in [-0.05, 0) is 62.0 Å². The molecule has 0 saturated carbocycles. The molecule has 0 unspecified atom stereocenters. The van der Waals surface area contributed by atoms with Gasteiger partial charge in [0.1, 0.15) is 5.03 Å². The maximum absolute atomic E-state index is 4.68. The van der Waals surface area contributed by atoms with Gasteiger partial charge in [-0.15, -0.1) is 5.10 Å². The number of rotatable bonds is 4. The molecular formula is C15H17N7S. The fourth-order valence-electron chi connectivity index (χ4n) is 1.99. The number of tetrazole rings is 1. The molecule has 3 rings (SSSR count). The summed E-state index contributed by atoms with van der Waals surface area (Å²) in [4.78, 5) is 13.4. The minimum Gasteiger partial charge on any atom is -0.264 e. The summed E-state index contributed by atoms with van der Waals surface area (Å²) < 4.78 is 1.78. The lowest BCUT2D eigenvalue weighted by Crippen LogP contribution is -2.05. The highest BCUT2D eigenvalue weighted by molar-refractivity contribution is 7.99. The highest BCUT2D eigenvalue weighted by Gasteiger charge is 2.16. The Morgan fingerprint density at radius 1 is 1.17 bits per heavy atom. The lowest BCUT2D eigenvalue weighted by molar-refractivity contribution is 0.477. The van der Waals surface area contributed by atoms with Gasteiger partial charge in [0.2, 0.25) is 5.16 Å². The molecule has 0 N–H and O–H groups in total. The third-order valence-electron chi connectivity index (χ3n) is 3.40. The van der Waals surface area contributed by atoms with Crippen LogP contribution >= 0.6 is 11.8 Å². The van der Waals surface area contributed by atoms with Crippen LogP contribution in [0.5, 0.6) is 0 Å². The van der Waals surface area contributed by atoms with Crippen LogP contribution in [0.2, 0.25) is 0 Å². The molecule has 3 aromatic heterocycles. The SMILES string of the molecule is Cc1nc(-c2cccnc2)nc(Sc2nnnn2C(C)C)c1C. The second-order valence-electron chi connectivity index (χ2n) is 5.41. The largest absolute Gasteiger partial charge is 0.264 e. The van der Waals surface area contributed by atoms with Gasteiger partial charge in [-0.25, -0.2) is 14.6 Å². The summed E-state index contributed by atoms with van der Waals surface area (Å²) in [6, 6.07) is 4.01. The first-order chi connectivity index (χ1) is 11.1. The standard InChI is InChI=1S/C15H17N7S/c1-9(2)22-15(19-20-21-22)23-14-10(3)11(4)17-13(18-14)12-6-5-7-16-8-12/h5-9H,1-4H3. The van der Waals surface area contributed by atoms with Gasteiger partial charge in [-0.2, -0.15) is 0 Å². The van der Waals surface area contributed by atoms with E-state index in [4.69, 9.17) is 0 Å². The van der Waals surface area contributed by atoms with Crippen molar-refractivity contribution in [3.63, 3.8) is 0 Å². The molecule has 118 valence electrons. The second kappa shape index (κ2) is 6.41.